The third-order valence-corrected chi connectivity index (χ3v) is 6.47. The number of aromatic nitrogens is 3. The average Bonchev–Trinajstić information content (AvgIpc) is 3.20. The molecule has 0 aliphatic rings. The van der Waals surface area contributed by atoms with Crippen LogP contribution in [0.1, 0.15) is 42.7 Å². The van der Waals surface area contributed by atoms with Crippen molar-refractivity contribution in [1.29, 1.82) is 0 Å². The van der Waals surface area contributed by atoms with Gasteiger partial charge in [0.25, 0.3) is 5.91 Å². The van der Waals surface area contributed by atoms with Gasteiger partial charge in [-0.1, -0.05) is 47.7 Å². The lowest BCUT2D eigenvalue weighted by molar-refractivity contribution is -0.689. The first-order valence-corrected chi connectivity index (χ1v) is 11.8. The molecule has 8 heteroatoms. The lowest BCUT2D eigenvalue weighted by Crippen LogP contribution is -2.36. The van der Waals surface area contributed by atoms with Crippen molar-refractivity contribution in [3.8, 4) is 0 Å². The molecule has 172 valence electrons. The first kappa shape index (κ1) is 23.3. The van der Waals surface area contributed by atoms with E-state index in [-0.39, 0.29) is 11.9 Å². The van der Waals surface area contributed by atoms with E-state index in [9.17, 15) is 9.59 Å². The third-order valence-electron chi connectivity index (χ3n) is 5.32. The highest BCUT2D eigenvalue weighted by atomic mass is 32.1. The number of carbonyl (C=O) groups excluding carboxylic acids is 2. The number of hydrogen-bond acceptors (Lipinski definition) is 6. The predicted molar refractivity (Wildman–Crippen MR) is 130 cm³/mol. The topological polar surface area (TPSA) is 85.1 Å². The van der Waals surface area contributed by atoms with Crippen molar-refractivity contribution in [2.24, 2.45) is 0 Å². The van der Waals surface area contributed by atoms with Crippen LogP contribution in [0.15, 0.2) is 72.4 Å². The number of rotatable bonds is 8. The summed E-state index contributed by atoms with van der Waals surface area (Å²) in [6.07, 6.45) is 2.37. The van der Waals surface area contributed by atoms with Crippen LogP contribution in [0.4, 0.5) is 5.82 Å². The Balaban J connectivity index is 1.42. The lowest BCUT2D eigenvalue weighted by Gasteiger charge is -2.09. The fraction of sp³-hybridized carbons (Fsp3) is 0.192. The van der Waals surface area contributed by atoms with Crippen LogP contribution in [-0.2, 0) is 17.7 Å². The van der Waals surface area contributed by atoms with Gasteiger partial charge in [-0.15, -0.1) is 0 Å². The molecule has 4 aromatic rings. The molecule has 0 radical (unpaired) electrons. The number of carbonyl (C=O) groups is 2. The molecule has 2 heterocycles. The van der Waals surface area contributed by atoms with Crippen molar-refractivity contribution >= 4 is 29.0 Å². The zero-order chi connectivity index (χ0) is 23.9. The number of amides is 1. The quantitative estimate of drug-likeness (QED) is 0.307. The van der Waals surface area contributed by atoms with Crippen molar-refractivity contribution in [2.75, 3.05) is 11.9 Å². The molecule has 2 aromatic carbocycles. The van der Waals surface area contributed by atoms with Crippen LogP contribution >= 0.6 is 11.3 Å². The molecule has 0 aliphatic carbocycles. The number of esters is 1. The summed E-state index contributed by atoms with van der Waals surface area (Å²) in [5, 5.41) is 2.92. The standard InChI is InChI=1S/C26H24N4O3S/c1-18-23(13-14-33-26(32)21-11-7-4-8-12-21)34-17-30(18)16-22-15-27-19(2)28-24(22)29-25(31)20-9-5-3-6-10-20/h3-12,15,17H,13-14,16H2,1-2H3/p+1. The minimum Gasteiger partial charge on any atom is -0.462 e. The number of hydrogen-bond donors (Lipinski definition) is 1. The number of thiazole rings is 1. The summed E-state index contributed by atoms with van der Waals surface area (Å²) in [5.41, 5.74) is 5.01. The van der Waals surface area contributed by atoms with Gasteiger partial charge in [0.1, 0.15) is 11.6 Å². The molecule has 0 saturated heterocycles. The van der Waals surface area contributed by atoms with E-state index in [1.165, 1.54) is 0 Å². The summed E-state index contributed by atoms with van der Waals surface area (Å²) in [4.78, 5) is 34.7. The maximum atomic E-state index is 12.7. The first-order valence-electron chi connectivity index (χ1n) is 10.9. The third kappa shape index (κ3) is 5.71. The van der Waals surface area contributed by atoms with E-state index in [4.69, 9.17) is 4.74 Å². The fourth-order valence-electron chi connectivity index (χ4n) is 3.41. The van der Waals surface area contributed by atoms with Gasteiger partial charge in [-0.3, -0.25) is 4.79 Å². The molecule has 7 nitrogen and oxygen atoms in total. The van der Waals surface area contributed by atoms with Gasteiger partial charge in [-0.2, -0.15) is 4.57 Å². The van der Waals surface area contributed by atoms with Gasteiger partial charge in [0.05, 0.1) is 22.6 Å². The highest BCUT2D eigenvalue weighted by Crippen LogP contribution is 2.17. The minimum absolute atomic E-state index is 0.215. The first-order chi connectivity index (χ1) is 16.5. The maximum Gasteiger partial charge on any atom is 0.338 e. The van der Waals surface area contributed by atoms with Crippen LogP contribution in [0.3, 0.4) is 0 Å². The molecule has 2 aromatic heterocycles. The molecule has 0 bridgehead atoms. The Morgan fingerprint density at radius 3 is 2.38 bits per heavy atom. The number of nitrogens with zero attached hydrogens (tertiary/aromatic N) is 3. The molecule has 1 N–H and O–H groups in total. The summed E-state index contributed by atoms with van der Waals surface area (Å²) < 4.78 is 7.51. The zero-order valence-electron chi connectivity index (χ0n) is 19.0. The van der Waals surface area contributed by atoms with E-state index < -0.39 is 0 Å². The molecule has 0 spiro atoms. The molecule has 0 fully saturated rings. The van der Waals surface area contributed by atoms with Crippen LogP contribution in [0.5, 0.6) is 0 Å². The van der Waals surface area contributed by atoms with Crippen molar-refractivity contribution in [2.45, 2.75) is 26.8 Å². The Kier molecular flexibility index (Phi) is 7.39. The van der Waals surface area contributed by atoms with Gasteiger partial charge in [-0.05, 0) is 31.2 Å². The van der Waals surface area contributed by atoms with Crippen LogP contribution in [0.2, 0.25) is 0 Å². The van der Waals surface area contributed by atoms with Crippen molar-refractivity contribution in [1.82, 2.24) is 9.97 Å². The van der Waals surface area contributed by atoms with Gasteiger partial charge in [0, 0.05) is 25.1 Å². The minimum atomic E-state index is -0.321. The van der Waals surface area contributed by atoms with E-state index in [1.807, 2.05) is 48.8 Å². The van der Waals surface area contributed by atoms with Crippen molar-refractivity contribution in [3.05, 3.63) is 105 Å². The second-order valence-corrected chi connectivity index (χ2v) is 8.66. The summed E-state index contributed by atoms with van der Waals surface area (Å²) >= 11 is 1.61. The second-order valence-electron chi connectivity index (χ2n) is 7.72. The largest absolute Gasteiger partial charge is 0.462 e. The second kappa shape index (κ2) is 10.8. The molecule has 34 heavy (non-hydrogen) atoms. The molecule has 0 atom stereocenters. The van der Waals surface area contributed by atoms with Gasteiger partial charge in [0.2, 0.25) is 5.51 Å². The SMILES string of the molecule is Cc1ncc(C[n+]2csc(CCOC(=O)c3ccccc3)c2C)c(NC(=O)c2ccccc2)n1. The molecule has 4 rings (SSSR count). The number of anilines is 1. The molecule has 0 unspecified atom stereocenters. The van der Waals surface area contributed by atoms with Gasteiger partial charge in [-0.25, -0.2) is 14.8 Å². The molecular weight excluding hydrogens is 448 g/mol. The summed E-state index contributed by atoms with van der Waals surface area (Å²) in [5.74, 6) is 0.545. The van der Waals surface area contributed by atoms with Crippen LogP contribution in [0, 0.1) is 13.8 Å². The van der Waals surface area contributed by atoms with E-state index >= 15 is 0 Å². The van der Waals surface area contributed by atoms with Gasteiger partial charge in [0.15, 0.2) is 12.2 Å². The number of benzene rings is 2. The van der Waals surface area contributed by atoms with E-state index in [0.717, 1.165) is 16.1 Å². The fourth-order valence-corrected chi connectivity index (χ4v) is 4.39. The monoisotopic (exact) mass is 473 g/mol. The van der Waals surface area contributed by atoms with Gasteiger partial charge < -0.3 is 10.1 Å². The Morgan fingerprint density at radius 1 is 1.00 bits per heavy atom. The summed E-state index contributed by atoms with van der Waals surface area (Å²) in [7, 11) is 0. The van der Waals surface area contributed by atoms with Crippen LogP contribution in [-0.4, -0.2) is 28.5 Å². The highest BCUT2D eigenvalue weighted by Gasteiger charge is 2.20. The Morgan fingerprint density at radius 2 is 1.68 bits per heavy atom. The smallest absolute Gasteiger partial charge is 0.338 e. The van der Waals surface area contributed by atoms with E-state index in [1.54, 1.807) is 48.7 Å². The normalized spacial score (nSPS) is 10.6. The molecule has 0 saturated carbocycles. The maximum absolute atomic E-state index is 12.7. The molecule has 1 amide bonds. The highest BCUT2D eigenvalue weighted by molar-refractivity contribution is 7.09. The average molecular weight is 474 g/mol. The van der Waals surface area contributed by atoms with E-state index in [0.29, 0.717) is 42.3 Å². The summed E-state index contributed by atoms with van der Waals surface area (Å²) in [6, 6.07) is 18.0. The Labute approximate surface area is 202 Å². The van der Waals surface area contributed by atoms with E-state index in [2.05, 4.69) is 19.9 Å². The molecule has 0 aliphatic heterocycles. The van der Waals surface area contributed by atoms with Crippen LogP contribution < -0.4 is 9.88 Å². The number of aryl methyl sites for hydroxylation is 1. The lowest BCUT2D eigenvalue weighted by atomic mass is 10.2. The van der Waals surface area contributed by atoms with Gasteiger partial charge >= 0.3 is 5.97 Å². The molecular formula is C26H25N4O3S+. The van der Waals surface area contributed by atoms with Crippen molar-refractivity contribution in [3.63, 3.8) is 0 Å². The number of ether oxygens (including phenoxy) is 1. The Bertz CT molecular complexity index is 1290. The Hall–Kier alpha value is -3.91. The summed E-state index contributed by atoms with van der Waals surface area (Å²) in [6.45, 7) is 4.64. The van der Waals surface area contributed by atoms with Crippen LogP contribution in [0.25, 0.3) is 0 Å². The zero-order valence-corrected chi connectivity index (χ0v) is 19.8. The number of nitrogens with one attached hydrogen (secondary N) is 1. The van der Waals surface area contributed by atoms with Crippen molar-refractivity contribution < 1.29 is 18.9 Å². The predicted octanol–water partition coefficient (Wildman–Crippen LogP) is 4.14.